The van der Waals surface area contributed by atoms with Crippen molar-refractivity contribution in [2.24, 2.45) is 0 Å². The van der Waals surface area contributed by atoms with Crippen molar-refractivity contribution < 1.29 is 29.4 Å². The molecule has 19 heavy (non-hydrogen) atoms. The number of carbonyl (C=O) groups is 1. The molecule has 0 saturated carbocycles. The van der Waals surface area contributed by atoms with Crippen LogP contribution in [-0.2, 0) is 4.74 Å². The lowest BCUT2D eigenvalue weighted by Gasteiger charge is -2.07. The lowest BCUT2D eigenvalue weighted by molar-refractivity contribution is -0.385. The number of benzene rings is 1. The molecule has 0 aliphatic carbocycles. The van der Waals surface area contributed by atoms with Crippen molar-refractivity contribution in [2.45, 2.75) is 0 Å². The van der Waals surface area contributed by atoms with Crippen molar-refractivity contribution in [3.05, 3.63) is 33.9 Å². The normalized spacial score (nSPS) is 10.2. The molecule has 1 aromatic carbocycles. The number of aliphatic hydroxyl groups is 1. The molecule has 0 atom stereocenters. The van der Waals surface area contributed by atoms with Gasteiger partial charge in [0.2, 0.25) is 0 Å². The summed E-state index contributed by atoms with van der Waals surface area (Å²) in [5.74, 6) is -1.19. The minimum absolute atomic E-state index is 0.0965. The van der Waals surface area contributed by atoms with Crippen LogP contribution in [0.25, 0.3) is 0 Å². The number of rotatable bonds is 8. The Morgan fingerprint density at radius 3 is 2.63 bits per heavy atom. The first-order chi connectivity index (χ1) is 9.06. The number of carboxylic acid groups (broad SMARTS) is 1. The largest absolute Gasteiger partial charge is 0.491 e. The van der Waals surface area contributed by atoms with Gasteiger partial charge in [0.1, 0.15) is 17.9 Å². The van der Waals surface area contributed by atoms with Gasteiger partial charge in [0.05, 0.1) is 24.7 Å². The molecule has 0 aromatic heterocycles. The van der Waals surface area contributed by atoms with E-state index in [0.717, 1.165) is 12.1 Å². The average molecular weight is 271 g/mol. The smallest absolute Gasteiger partial charge is 0.342 e. The molecule has 8 nitrogen and oxygen atoms in total. The Kier molecular flexibility index (Phi) is 5.71. The zero-order chi connectivity index (χ0) is 14.3. The molecular formula is C11H13NO7. The van der Waals surface area contributed by atoms with Crippen molar-refractivity contribution in [3.63, 3.8) is 0 Å². The van der Waals surface area contributed by atoms with Gasteiger partial charge in [-0.1, -0.05) is 0 Å². The highest BCUT2D eigenvalue weighted by molar-refractivity contribution is 5.92. The highest BCUT2D eigenvalue weighted by atomic mass is 16.6. The van der Waals surface area contributed by atoms with Crippen LogP contribution in [0.4, 0.5) is 5.69 Å². The van der Waals surface area contributed by atoms with Crippen LogP contribution in [0.2, 0.25) is 0 Å². The van der Waals surface area contributed by atoms with E-state index >= 15 is 0 Å². The van der Waals surface area contributed by atoms with E-state index in [2.05, 4.69) is 0 Å². The third kappa shape index (κ3) is 4.53. The SMILES string of the molecule is O=C(O)c1cc(OCCOCCO)ccc1[N+](=O)[O-]. The summed E-state index contributed by atoms with van der Waals surface area (Å²) in [5.41, 5.74) is -0.921. The van der Waals surface area contributed by atoms with Crippen LogP contribution in [0, 0.1) is 10.1 Å². The highest BCUT2D eigenvalue weighted by Gasteiger charge is 2.20. The van der Waals surface area contributed by atoms with Crippen LogP contribution in [0.3, 0.4) is 0 Å². The predicted octanol–water partition coefficient (Wildman–Crippen LogP) is 0.681. The van der Waals surface area contributed by atoms with Crippen molar-refractivity contribution in [1.82, 2.24) is 0 Å². The van der Waals surface area contributed by atoms with Gasteiger partial charge in [0.15, 0.2) is 0 Å². The van der Waals surface area contributed by atoms with E-state index in [9.17, 15) is 14.9 Å². The lowest BCUT2D eigenvalue weighted by atomic mass is 10.2. The number of aliphatic hydroxyl groups excluding tert-OH is 1. The number of nitro groups is 1. The summed E-state index contributed by atoms with van der Waals surface area (Å²) in [6.45, 7) is 0.460. The molecule has 0 aliphatic rings. The molecule has 8 heteroatoms. The fraction of sp³-hybridized carbons (Fsp3) is 0.364. The van der Waals surface area contributed by atoms with E-state index in [1.165, 1.54) is 6.07 Å². The second kappa shape index (κ2) is 7.29. The number of aromatic carboxylic acids is 1. The number of hydrogen-bond acceptors (Lipinski definition) is 6. The molecule has 0 fully saturated rings. The van der Waals surface area contributed by atoms with Crippen LogP contribution < -0.4 is 4.74 Å². The molecule has 0 amide bonds. The van der Waals surface area contributed by atoms with Crippen LogP contribution >= 0.6 is 0 Å². The monoisotopic (exact) mass is 271 g/mol. The minimum Gasteiger partial charge on any atom is -0.491 e. The Hall–Kier alpha value is -2.19. The quantitative estimate of drug-likeness (QED) is 0.405. The van der Waals surface area contributed by atoms with Gasteiger partial charge in [-0.2, -0.15) is 0 Å². The van der Waals surface area contributed by atoms with Crippen molar-refractivity contribution >= 4 is 11.7 Å². The second-order valence-electron chi connectivity index (χ2n) is 3.43. The van der Waals surface area contributed by atoms with Gasteiger partial charge in [0.25, 0.3) is 5.69 Å². The first-order valence-electron chi connectivity index (χ1n) is 5.39. The summed E-state index contributed by atoms with van der Waals surface area (Å²) in [5, 5.41) is 28.0. The van der Waals surface area contributed by atoms with E-state index in [0.29, 0.717) is 0 Å². The van der Waals surface area contributed by atoms with E-state index in [-0.39, 0.29) is 32.2 Å². The summed E-state index contributed by atoms with van der Waals surface area (Å²) in [7, 11) is 0. The summed E-state index contributed by atoms with van der Waals surface area (Å²) in [4.78, 5) is 20.7. The van der Waals surface area contributed by atoms with E-state index in [1.807, 2.05) is 0 Å². The summed E-state index contributed by atoms with van der Waals surface area (Å²) >= 11 is 0. The first kappa shape index (κ1) is 14.9. The molecule has 1 rings (SSSR count). The number of ether oxygens (including phenoxy) is 2. The van der Waals surface area contributed by atoms with Gasteiger partial charge >= 0.3 is 5.97 Å². The van der Waals surface area contributed by atoms with Crippen molar-refractivity contribution in [3.8, 4) is 5.75 Å². The summed E-state index contributed by atoms with van der Waals surface area (Å²) in [6.07, 6.45) is 0. The highest BCUT2D eigenvalue weighted by Crippen LogP contribution is 2.24. The fourth-order valence-corrected chi connectivity index (χ4v) is 1.32. The molecule has 0 saturated heterocycles. The lowest BCUT2D eigenvalue weighted by Crippen LogP contribution is -2.10. The van der Waals surface area contributed by atoms with Crippen molar-refractivity contribution in [1.29, 1.82) is 0 Å². The third-order valence-electron chi connectivity index (χ3n) is 2.13. The van der Waals surface area contributed by atoms with Crippen LogP contribution in [0.15, 0.2) is 18.2 Å². The van der Waals surface area contributed by atoms with E-state index in [4.69, 9.17) is 19.7 Å². The average Bonchev–Trinajstić information content (AvgIpc) is 2.38. The Morgan fingerprint density at radius 2 is 2.05 bits per heavy atom. The topological polar surface area (TPSA) is 119 Å². The molecule has 0 spiro atoms. The van der Waals surface area contributed by atoms with Crippen LogP contribution in [0.5, 0.6) is 5.75 Å². The Bertz CT molecular complexity index is 460. The molecule has 0 aliphatic heterocycles. The van der Waals surface area contributed by atoms with Gasteiger partial charge in [0, 0.05) is 12.1 Å². The van der Waals surface area contributed by atoms with Gasteiger partial charge in [-0.05, 0) is 6.07 Å². The van der Waals surface area contributed by atoms with E-state index < -0.39 is 22.1 Å². The maximum absolute atomic E-state index is 10.9. The van der Waals surface area contributed by atoms with Gasteiger partial charge in [-0.3, -0.25) is 10.1 Å². The third-order valence-corrected chi connectivity index (χ3v) is 2.13. The zero-order valence-corrected chi connectivity index (χ0v) is 9.94. The fourth-order valence-electron chi connectivity index (χ4n) is 1.32. The first-order valence-corrected chi connectivity index (χ1v) is 5.39. The number of nitro benzene ring substituents is 1. The second-order valence-corrected chi connectivity index (χ2v) is 3.43. The molecule has 0 unspecified atom stereocenters. The molecular weight excluding hydrogens is 258 g/mol. The summed E-state index contributed by atoms with van der Waals surface area (Å²) in [6, 6.07) is 3.48. The Balaban J connectivity index is 2.68. The Morgan fingerprint density at radius 1 is 1.32 bits per heavy atom. The molecule has 1 aromatic rings. The molecule has 104 valence electrons. The van der Waals surface area contributed by atoms with E-state index in [1.54, 1.807) is 0 Å². The summed E-state index contributed by atoms with van der Waals surface area (Å²) < 4.78 is 10.1. The maximum atomic E-state index is 10.9. The minimum atomic E-state index is -1.39. The predicted molar refractivity (Wildman–Crippen MR) is 63.5 cm³/mol. The molecule has 0 radical (unpaired) electrons. The number of nitrogens with zero attached hydrogens (tertiary/aromatic N) is 1. The zero-order valence-electron chi connectivity index (χ0n) is 9.94. The van der Waals surface area contributed by atoms with Gasteiger partial charge in [-0.25, -0.2) is 4.79 Å². The number of hydrogen-bond donors (Lipinski definition) is 2. The molecule has 2 N–H and O–H groups in total. The maximum Gasteiger partial charge on any atom is 0.342 e. The Labute approximate surface area is 108 Å². The molecule has 0 heterocycles. The molecule has 0 bridgehead atoms. The van der Waals surface area contributed by atoms with Crippen LogP contribution in [-0.4, -0.2) is 47.5 Å². The standard InChI is InChI=1S/C11H13NO7/c13-3-4-18-5-6-19-8-1-2-10(12(16)17)9(7-8)11(14)15/h1-2,7,13H,3-6H2,(H,14,15). The number of carboxylic acids is 1. The van der Waals surface area contributed by atoms with Crippen molar-refractivity contribution in [2.75, 3.05) is 26.4 Å². The van der Waals surface area contributed by atoms with Gasteiger partial charge in [-0.15, -0.1) is 0 Å². The van der Waals surface area contributed by atoms with Crippen LogP contribution in [0.1, 0.15) is 10.4 Å². The van der Waals surface area contributed by atoms with Gasteiger partial charge < -0.3 is 19.7 Å².